The van der Waals surface area contributed by atoms with Gasteiger partial charge in [0.05, 0.1) is 17.8 Å². The third-order valence-electron chi connectivity index (χ3n) is 3.59. The molecule has 0 unspecified atom stereocenters. The highest BCUT2D eigenvalue weighted by Gasteiger charge is 2.30. The molecule has 0 atom stereocenters. The van der Waals surface area contributed by atoms with Gasteiger partial charge in [-0.3, -0.25) is 4.79 Å². The summed E-state index contributed by atoms with van der Waals surface area (Å²) in [6.07, 6.45) is -4.44. The number of benzene rings is 2. The van der Waals surface area contributed by atoms with Gasteiger partial charge in [0, 0.05) is 12.3 Å². The van der Waals surface area contributed by atoms with Crippen molar-refractivity contribution in [2.75, 3.05) is 0 Å². The highest BCUT2D eigenvalue weighted by molar-refractivity contribution is 8.06. The molecule has 2 aromatic carbocycles. The first-order valence-electron chi connectivity index (χ1n) is 7.57. The maximum absolute atomic E-state index is 12.8. The molecule has 1 amide bonds. The number of carbonyl (C=O) groups excluding carboxylic acids is 1. The number of thiocyanates is 1. The zero-order chi connectivity index (χ0) is 19.2. The lowest BCUT2D eigenvalue weighted by Gasteiger charge is -2.25. The molecule has 0 aliphatic carbocycles. The molecular weight excluding hydrogens is 361 g/mol. The molecule has 0 fully saturated rings. The Morgan fingerprint density at radius 1 is 1.15 bits per heavy atom. The fraction of sp³-hybridized carbons (Fsp3) is 0.158. The van der Waals surface area contributed by atoms with Gasteiger partial charge in [0.15, 0.2) is 0 Å². The number of hydrogen-bond donors (Lipinski definition) is 0. The van der Waals surface area contributed by atoms with E-state index in [2.05, 4.69) is 0 Å². The molecule has 0 heterocycles. The summed E-state index contributed by atoms with van der Waals surface area (Å²) in [5.74, 6) is -0.279. The molecule has 2 rings (SSSR count). The summed E-state index contributed by atoms with van der Waals surface area (Å²) in [4.78, 5) is 13.6. The minimum absolute atomic E-state index is 0.245. The second-order valence-electron chi connectivity index (χ2n) is 5.38. The van der Waals surface area contributed by atoms with Crippen LogP contribution in [-0.4, -0.2) is 10.8 Å². The van der Waals surface area contributed by atoms with Crippen molar-refractivity contribution in [1.82, 2.24) is 4.90 Å². The smallest absolute Gasteiger partial charge is 0.307 e. The first-order chi connectivity index (χ1) is 12.3. The zero-order valence-corrected chi connectivity index (χ0v) is 14.6. The average Bonchev–Trinajstić information content (AvgIpc) is 2.61. The Kier molecular flexibility index (Phi) is 6.47. The standard InChI is InChI=1S/C19H15F3N2OS/c1-14(25)24(11-15-5-3-2-4-6-15)18(12-26-13-23)16-7-9-17(10-8-16)19(20,21)22/h2-10,12H,11H2,1H3. The highest BCUT2D eigenvalue weighted by Crippen LogP contribution is 2.31. The van der Waals surface area contributed by atoms with E-state index < -0.39 is 11.7 Å². The quantitative estimate of drug-likeness (QED) is 0.668. The van der Waals surface area contributed by atoms with Crippen molar-refractivity contribution in [2.24, 2.45) is 0 Å². The summed E-state index contributed by atoms with van der Waals surface area (Å²) < 4.78 is 38.3. The molecule has 0 spiro atoms. The van der Waals surface area contributed by atoms with E-state index >= 15 is 0 Å². The number of rotatable bonds is 5. The Morgan fingerprint density at radius 3 is 2.27 bits per heavy atom. The number of nitrogens with zero attached hydrogens (tertiary/aromatic N) is 2. The van der Waals surface area contributed by atoms with E-state index in [-0.39, 0.29) is 12.5 Å². The normalized spacial score (nSPS) is 11.7. The number of halogens is 3. The molecule has 0 radical (unpaired) electrons. The molecule has 26 heavy (non-hydrogen) atoms. The van der Waals surface area contributed by atoms with E-state index in [1.54, 1.807) is 0 Å². The van der Waals surface area contributed by atoms with E-state index in [9.17, 15) is 18.0 Å². The SMILES string of the molecule is CC(=O)N(Cc1ccccc1)C(=CSC#N)c1ccc(C(F)(F)F)cc1. The van der Waals surface area contributed by atoms with Crippen LogP contribution in [-0.2, 0) is 17.5 Å². The summed E-state index contributed by atoms with van der Waals surface area (Å²) in [6.45, 7) is 1.62. The molecule has 3 nitrogen and oxygen atoms in total. The minimum atomic E-state index is -4.44. The van der Waals surface area contributed by atoms with Crippen molar-refractivity contribution in [3.05, 3.63) is 76.7 Å². The van der Waals surface area contributed by atoms with Gasteiger partial charge in [-0.05, 0) is 35.0 Å². The monoisotopic (exact) mass is 376 g/mol. The van der Waals surface area contributed by atoms with Crippen molar-refractivity contribution >= 4 is 23.4 Å². The fourth-order valence-corrected chi connectivity index (χ4v) is 2.76. The van der Waals surface area contributed by atoms with Crippen LogP contribution < -0.4 is 0 Å². The van der Waals surface area contributed by atoms with Crippen LogP contribution in [0.15, 0.2) is 60.0 Å². The Labute approximate surface area is 153 Å². The van der Waals surface area contributed by atoms with Crippen LogP contribution in [0.5, 0.6) is 0 Å². The molecule has 2 aromatic rings. The summed E-state index contributed by atoms with van der Waals surface area (Å²) in [5, 5.41) is 12.2. The van der Waals surface area contributed by atoms with E-state index in [4.69, 9.17) is 5.26 Å². The van der Waals surface area contributed by atoms with Crippen LogP contribution in [0.4, 0.5) is 13.2 Å². The number of carbonyl (C=O) groups is 1. The second-order valence-corrected chi connectivity index (χ2v) is 6.03. The van der Waals surface area contributed by atoms with Gasteiger partial charge in [-0.15, -0.1) is 0 Å². The van der Waals surface area contributed by atoms with Crippen molar-refractivity contribution in [3.8, 4) is 5.40 Å². The predicted molar refractivity (Wildman–Crippen MR) is 95.3 cm³/mol. The van der Waals surface area contributed by atoms with Crippen LogP contribution >= 0.6 is 11.8 Å². The van der Waals surface area contributed by atoms with Crippen molar-refractivity contribution < 1.29 is 18.0 Å². The number of amides is 1. The number of hydrogen-bond acceptors (Lipinski definition) is 3. The van der Waals surface area contributed by atoms with Crippen LogP contribution in [0, 0.1) is 10.7 Å². The van der Waals surface area contributed by atoms with E-state index in [1.165, 1.54) is 29.4 Å². The molecule has 0 bridgehead atoms. The van der Waals surface area contributed by atoms with Crippen molar-refractivity contribution in [3.63, 3.8) is 0 Å². The van der Waals surface area contributed by atoms with Crippen LogP contribution in [0.2, 0.25) is 0 Å². The molecule has 0 saturated heterocycles. The molecule has 0 aliphatic heterocycles. The van der Waals surface area contributed by atoms with Gasteiger partial charge in [0.25, 0.3) is 0 Å². The molecule has 0 saturated carbocycles. The van der Waals surface area contributed by atoms with Crippen LogP contribution in [0.3, 0.4) is 0 Å². The van der Waals surface area contributed by atoms with Crippen molar-refractivity contribution in [1.29, 1.82) is 5.26 Å². The third-order valence-corrected chi connectivity index (χ3v) is 4.03. The summed E-state index contributed by atoms with van der Waals surface area (Å²) in [7, 11) is 0. The number of nitriles is 1. The Balaban J connectivity index is 2.41. The third kappa shape index (κ3) is 5.14. The lowest BCUT2D eigenvalue weighted by Crippen LogP contribution is -2.26. The van der Waals surface area contributed by atoms with Gasteiger partial charge in [-0.2, -0.15) is 18.4 Å². The molecular formula is C19H15F3N2OS. The fourth-order valence-electron chi connectivity index (χ4n) is 2.33. The maximum atomic E-state index is 12.8. The van der Waals surface area contributed by atoms with Gasteiger partial charge in [-0.1, -0.05) is 42.5 Å². The van der Waals surface area contributed by atoms with Crippen LogP contribution in [0.25, 0.3) is 5.70 Å². The van der Waals surface area contributed by atoms with Gasteiger partial charge < -0.3 is 4.90 Å². The first kappa shape index (κ1) is 19.6. The zero-order valence-electron chi connectivity index (χ0n) is 13.8. The summed E-state index contributed by atoms with van der Waals surface area (Å²) in [5.41, 5.74) is 0.891. The Hall–Kier alpha value is -2.72. The highest BCUT2D eigenvalue weighted by atomic mass is 32.2. The summed E-state index contributed by atoms with van der Waals surface area (Å²) in [6, 6.07) is 13.7. The molecule has 0 N–H and O–H groups in total. The molecule has 7 heteroatoms. The lowest BCUT2D eigenvalue weighted by atomic mass is 10.1. The number of thioether (sulfide) groups is 1. The average molecular weight is 376 g/mol. The molecule has 0 aromatic heterocycles. The first-order valence-corrected chi connectivity index (χ1v) is 8.45. The minimum Gasteiger partial charge on any atom is -0.307 e. The Bertz CT molecular complexity index is 825. The van der Waals surface area contributed by atoms with E-state index in [0.717, 1.165) is 29.5 Å². The topological polar surface area (TPSA) is 44.1 Å². The molecule has 0 aliphatic rings. The Morgan fingerprint density at radius 2 is 1.77 bits per heavy atom. The lowest BCUT2D eigenvalue weighted by molar-refractivity contribution is -0.137. The van der Waals surface area contributed by atoms with Crippen LogP contribution in [0.1, 0.15) is 23.6 Å². The van der Waals surface area contributed by atoms with Gasteiger partial charge in [-0.25, -0.2) is 0 Å². The van der Waals surface area contributed by atoms with E-state index in [1.807, 2.05) is 35.7 Å². The summed E-state index contributed by atoms with van der Waals surface area (Å²) >= 11 is 0.804. The largest absolute Gasteiger partial charge is 0.416 e. The van der Waals surface area contributed by atoms with E-state index in [0.29, 0.717) is 11.3 Å². The van der Waals surface area contributed by atoms with Gasteiger partial charge in [0.1, 0.15) is 5.40 Å². The maximum Gasteiger partial charge on any atom is 0.416 e. The predicted octanol–water partition coefficient (Wildman–Crippen LogP) is 5.27. The molecule has 134 valence electrons. The number of alkyl halides is 3. The second kappa shape index (κ2) is 8.59. The van der Waals surface area contributed by atoms with Gasteiger partial charge >= 0.3 is 6.18 Å². The van der Waals surface area contributed by atoms with Crippen molar-refractivity contribution in [2.45, 2.75) is 19.6 Å². The van der Waals surface area contributed by atoms with Gasteiger partial charge in [0.2, 0.25) is 5.91 Å².